The summed E-state index contributed by atoms with van der Waals surface area (Å²) in [5.74, 6) is -1.91. The first-order valence-electron chi connectivity index (χ1n) is 9.08. The maximum absolute atomic E-state index is 13.9. The van der Waals surface area contributed by atoms with Crippen LogP contribution in [0, 0.1) is 12.7 Å². The zero-order valence-corrected chi connectivity index (χ0v) is 17.8. The Morgan fingerprint density at radius 2 is 1.71 bits per heavy atom. The second-order valence-electron chi connectivity index (χ2n) is 6.37. The van der Waals surface area contributed by atoms with Gasteiger partial charge >= 0.3 is 5.97 Å². The van der Waals surface area contributed by atoms with Crippen LogP contribution in [0.15, 0.2) is 48.5 Å². The van der Waals surface area contributed by atoms with Gasteiger partial charge < -0.3 is 20.1 Å². The molecule has 0 radical (unpaired) electrons. The molecule has 9 heteroatoms. The number of hydrogen-bond acceptors (Lipinski definition) is 6. The average molecular weight is 442 g/mol. The Morgan fingerprint density at radius 3 is 2.39 bits per heavy atom. The second kappa shape index (κ2) is 9.40. The number of hydrogen-bond donors (Lipinski definition) is 2. The summed E-state index contributed by atoms with van der Waals surface area (Å²) in [6, 6.07) is 12.2. The van der Waals surface area contributed by atoms with Crippen molar-refractivity contribution in [3.05, 3.63) is 75.9 Å². The molecule has 0 atom stereocenters. The lowest BCUT2D eigenvalue weighted by molar-refractivity contribution is 0.0601. The van der Waals surface area contributed by atoms with E-state index in [1.807, 2.05) is 0 Å². The van der Waals surface area contributed by atoms with Crippen molar-refractivity contribution in [2.75, 3.05) is 24.9 Å². The predicted molar refractivity (Wildman–Crippen MR) is 116 cm³/mol. The van der Waals surface area contributed by atoms with Crippen molar-refractivity contribution in [1.29, 1.82) is 0 Å². The van der Waals surface area contributed by atoms with Gasteiger partial charge in [0, 0.05) is 5.56 Å². The van der Waals surface area contributed by atoms with E-state index in [0.29, 0.717) is 16.9 Å². The molecule has 3 aromatic rings. The quantitative estimate of drug-likeness (QED) is 0.549. The van der Waals surface area contributed by atoms with E-state index in [1.54, 1.807) is 37.3 Å². The van der Waals surface area contributed by atoms with Gasteiger partial charge in [0.1, 0.15) is 16.6 Å². The zero-order valence-electron chi connectivity index (χ0n) is 16.9. The number of halogens is 1. The largest absolute Gasteiger partial charge is 0.497 e. The molecule has 2 N–H and O–H groups in total. The standard InChI is InChI=1S/C22H19FN2O5S/c1-12-17(22(28)30-3)21(25-19(26)13-7-6-8-14(11-13)29-2)31-18(12)20(27)24-16-10-5-4-9-15(16)23/h4-11H,1-3H3,(H,24,27)(H,25,26). The summed E-state index contributed by atoms with van der Waals surface area (Å²) in [7, 11) is 2.68. The fourth-order valence-corrected chi connectivity index (χ4v) is 3.93. The number of anilines is 2. The van der Waals surface area contributed by atoms with E-state index in [0.717, 1.165) is 11.3 Å². The van der Waals surface area contributed by atoms with Crippen molar-refractivity contribution >= 4 is 39.8 Å². The lowest BCUT2D eigenvalue weighted by Crippen LogP contribution is -2.14. The maximum atomic E-state index is 13.9. The lowest BCUT2D eigenvalue weighted by atomic mass is 10.1. The molecule has 0 aliphatic heterocycles. The van der Waals surface area contributed by atoms with Crippen LogP contribution in [0.4, 0.5) is 15.1 Å². The smallest absolute Gasteiger partial charge is 0.341 e. The molecule has 0 unspecified atom stereocenters. The fourth-order valence-electron chi connectivity index (χ4n) is 2.85. The van der Waals surface area contributed by atoms with Gasteiger partial charge in [-0.15, -0.1) is 11.3 Å². The molecule has 1 heterocycles. The first-order chi connectivity index (χ1) is 14.8. The van der Waals surface area contributed by atoms with E-state index < -0.39 is 23.6 Å². The SMILES string of the molecule is COC(=O)c1c(NC(=O)c2cccc(OC)c2)sc(C(=O)Nc2ccccc2F)c1C. The second-order valence-corrected chi connectivity index (χ2v) is 7.39. The molecule has 0 saturated carbocycles. The van der Waals surface area contributed by atoms with Crippen LogP contribution in [-0.4, -0.2) is 32.0 Å². The molecule has 3 rings (SSSR count). The summed E-state index contributed by atoms with van der Waals surface area (Å²) in [5, 5.41) is 5.28. The number of methoxy groups -OCH3 is 2. The molecule has 2 aromatic carbocycles. The van der Waals surface area contributed by atoms with Gasteiger partial charge in [0.25, 0.3) is 11.8 Å². The van der Waals surface area contributed by atoms with E-state index in [-0.39, 0.29) is 21.1 Å². The normalized spacial score (nSPS) is 10.3. The molecule has 0 fully saturated rings. The molecule has 0 spiro atoms. The maximum Gasteiger partial charge on any atom is 0.341 e. The minimum atomic E-state index is -0.709. The summed E-state index contributed by atoms with van der Waals surface area (Å²) < 4.78 is 23.8. The number of benzene rings is 2. The van der Waals surface area contributed by atoms with Gasteiger partial charge in [-0.05, 0) is 42.8 Å². The monoisotopic (exact) mass is 442 g/mol. The highest BCUT2D eigenvalue weighted by Gasteiger charge is 2.27. The van der Waals surface area contributed by atoms with Crippen molar-refractivity contribution < 1.29 is 28.2 Å². The van der Waals surface area contributed by atoms with Gasteiger partial charge in [-0.1, -0.05) is 18.2 Å². The molecule has 0 saturated heterocycles. The molecular formula is C22H19FN2O5S. The highest BCUT2D eigenvalue weighted by molar-refractivity contribution is 7.19. The van der Waals surface area contributed by atoms with Crippen molar-refractivity contribution in [3.63, 3.8) is 0 Å². The van der Waals surface area contributed by atoms with Gasteiger partial charge in [-0.3, -0.25) is 9.59 Å². The number of ether oxygens (including phenoxy) is 2. The van der Waals surface area contributed by atoms with Gasteiger partial charge in [-0.2, -0.15) is 0 Å². The van der Waals surface area contributed by atoms with Crippen molar-refractivity contribution in [2.45, 2.75) is 6.92 Å². The molecule has 160 valence electrons. The summed E-state index contributed by atoms with van der Waals surface area (Å²) in [6.07, 6.45) is 0. The van der Waals surface area contributed by atoms with E-state index in [2.05, 4.69) is 10.6 Å². The summed E-state index contributed by atoms with van der Waals surface area (Å²) in [6.45, 7) is 1.56. The van der Waals surface area contributed by atoms with Crippen LogP contribution in [-0.2, 0) is 4.74 Å². The van der Waals surface area contributed by atoms with Crippen LogP contribution in [0.1, 0.15) is 36.0 Å². The molecule has 7 nitrogen and oxygen atoms in total. The summed E-state index contributed by atoms with van der Waals surface area (Å²) in [4.78, 5) is 37.9. The molecule has 2 amide bonds. The van der Waals surface area contributed by atoms with Crippen LogP contribution in [0.5, 0.6) is 5.75 Å². The van der Waals surface area contributed by atoms with E-state index in [4.69, 9.17) is 9.47 Å². The number of nitrogens with one attached hydrogen (secondary N) is 2. The molecule has 1 aromatic heterocycles. The number of para-hydroxylation sites is 1. The van der Waals surface area contributed by atoms with E-state index >= 15 is 0 Å². The Balaban J connectivity index is 1.94. The third-order valence-corrected chi connectivity index (χ3v) is 5.63. The Hall–Kier alpha value is -3.72. The van der Waals surface area contributed by atoms with E-state index in [9.17, 15) is 18.8 Å². The predicted octanol–water partition coefficient (Wildman–Crippen LogP) is 4.50. The van der Waals surface area contributed by atoms with Crippen LogP contribution in [0.3, 0.4) is 0 Å². The summed E-state index contributed by atoms with van der Waals surface area (Å²) >= 11 is 0.897. The van der Waals surface area contributed by atoms with E-state index in [1.165, 1.54) is 32.4 Å². The topological polar surface area (TPSA) is 93.7 Å². The minimum Gasteiger partial charge on any atom is -0.497 e. The third kappa shape index (κ3) is 4.72. The molecule has 31 heavy (non-hydrogen) atoms. The first kappa shape index (κ1) is 22.0. The third-order valence-electron chi connectivity index (χ3n) is 4.42. The molecule has 0 bridgehead atoms. The van der Waals surface area contributed by atoms with Crippen LogP contribution >= 0.6 is 11.3 Å². The number of thiophene rings is 1. The van der Waals surface area contributed by atoms with Crippen molar-refractivity contribution in [3.8, 4) is 5.75 Å². The fraction of sp³-hybridized carbons (Fsp3) is 0.136. The number of esters is 1. The lowest BCUT2D eigenvalue weighted by Gasteiger charge is -2.07. The highest BCUT2D eigenvalue weighted by atomic mass is 32.1. The van der Waals surface area contributed by atoms with Crippen molar-refractivity contribution in [2.24, 2.45) is 0 Å². The van der Waals surface area contributed by atoms with Crippen molar-refractivity contribution in [1.82, 2.24) is 0 Å². The van der Waals surface area contributed by atoms with Gasteiger partial charge in [-0.25, -0.2) is 9.18 Å². The summed E-state index contributed by atoms with van der Waals surface area (Å²) in [5.41, 5.74) is 0.675. The number of rotatable bonds is 6. The number of amides is 2. The molecule has 0 aliphatic carbocycles. The van der Waals surface area contributed by atoms with Crippen LogP contribution in [0.2, 0.25) is 0 Å². The molecular weight excluding hydrogens is 423 g/mol. The Labute approximate surface area is 181 Å². The minimum absolute atomic E-state index is 0.00174. The van der Waals surface area contributed by atoms with Gasteiger partial charge in [0.15, 0.2) is 0 Å². The van der Waals surface area contributed by atoms with Gasteiger partial charge in [0.05, 0.1) is 30.3 Å². The van der Waals surface area contributed by atoms with Crippen LogP contribution < -0.4 is 15.4 Å². The first-order valence-corrected chi connectivity index (χ1v) is 9.90. The highest BCUT2D eigenvalue weighted by Crippen LogP contribution is 2.35. The number of carbonyl (C=O) groups excluding carboxylic acids is 3. The average Bonchev–Trinajstić information content (AvgIpc) is 3.10. The zero-order chi connectivity index (χ0) is 22.5. The van der Waals surface area contributed by atoms with Gasteiger partial charge in [0.2, 0.25) is 0 Å². The Morgan fingerprint density at radius 1 is 0.968 bits per heavy atom. The Bertz CT molecular complexity index is 1160. The number of carbonyl (C=O) groups is 3. The van der Waals surface area contributed by atoms with Crippen LogP contribution in [0.25, 0.3) is 0 Å². The molecule has 0 aliphatic rings. The Kier molecular flexibility index (Phi) is 6.66.